The van der Waals surface area contributed by atoms with Crippen LogP contribution in [0.1, 0.15) is 26.3 Å². The van der Waals surface area contributed by atoms with Crippen molar-refractivity contribution in [1.29, 1.82) is 0 Å². The van der Waals surface area contributed by atoms with Gasteiger partial charge < -0.3 is 10.1 Å². The molecule has 0 saturated carbocycles. The second-order valence-electron chi connectivity index (χ2n) is 6.19. The van der Waals surface area contributed by atoms with Crippen molar-refractivity contribution in [3.63, 3.8) is 0 Å². The Hall–Kier alpha value is -3.99. The maximum atomic E-state index is 13.0. The normalized spacial score (nSPS) is 10.9. The Morgan fingerprint density at radius 1 is 0.759 bits per heavy atom. The van der Waals surface area contributed by atoms with Gasteiger partial charge in [0.2, 0.25) is 0 Å². The summed E-state index contributed by atoms with van der Waals surface area (Å²) < 4.78 is 4.69. The number of esters is 1. The van der Waals surface area contributed by atoms with Crippen LogP contribution >= 0.6 is 0 Å². The summed E-state index contributed by atoms with van der Waals surface area (Å²) in [5.41, 5.74) is 1.98. The Bertz CT molecular complexity index is 1040. The topological polar surface area (TPSA) is 72.5 Å². The van der Waals surface area contributed by atoms with E-state index in [1.165, 1.54) is 13.2 Å². The van der Waals surface area contributed by atoms with Crippen molar-refractivity contribution in [2.45, 2.75) is 0 Å². The quantitative estimate of drug-likeness (QED) is 0.225. The highest BCUT2D eigenvalue weighted by Gasteiger charge is 2.20. The number of ketones is 1. The second kappa shape index (κ2) is 9.28. The first-order chi connectivity index (χ1) is 14.1. The van der Waals surface area contributed by atoms with Crippen molar-refractivity contribution >= 4 is 29.4 Å². The fraction of sp³-hybridized carbons (Fsp3) is 0.0417. The van der Waals surface area contributed by atoms with Gasteiger partial charge in [-0.15, -0.1) is 0 Å². The molecule has 1 amide bonds. The molecule has 0 radical (unpaired) electrons. The lowest BCUT2D eigenvalue weighted by molar-refractivity contribution is -0.112. The fourth-order valence-corrected chi connectivity index (χ4v) is 2.70. The number of ether oxygens (including phenoxy) is 1. The molecular weight excluding hydrogens is 366 g/mol. The summed E-state index contributed by atoms with van der Waals surface area (Å²) in [4.78, 5) is 37.5. The molecule has 0 heterocycles. The summed E-state index contributed by atoms with van der Waals surface area (Å²) in [6.45, 7) is 0. The van der Waals surface area contributed by atoms with Gasteiger partial charge in [0.1, 0.15) is 0 Å². The molecule has 0 aliphatic carbocycles. The molecule has 0 fully saturated rings. The van der Waals surface area contributed by atoms with Gasteiger partial charge >= 0.3 is 5.97 Å². The van der Waals surface area contributed by atoms with E-state index in [1.807, 2.05) is 6.07 Å². The van der Waals surface area contributed by atoms with Gasteiger partial charge in [-0.1, -0.05) is 60.7 Å². The minimum atomic E-state index is -0.512. The third kappa shape index (κ3) is 5.05. The summed E-state index contributed by atoms with van der Waals surface area (Å²) in [5, 5.41) is 2.75. The molecule has 29 heavy (non-hydrogen) atoms. The number of carbonyl (C=O) groups is 3. The third-order valence-corrected chi connectivity index (χ3v) is 4.20. The van der Waals surface area contributed by atoms with Gasteiger partial charge in [-0.05, 0) is 35.9 Å². The van der Waals surface area contributed by atoms with Crippen LogP contribution < -0.4 is 5.32 Å². The van der Waals surface area contributed by atoms with Gasteiger partial charge in [-0.25, -0.2) is 4.79 Å². The Morgan fingerprint density at radius 3 is 1.93 bits per heavy atom. The monoisotopic (exact) mass is 385 g/mol. The van der Waals surface area contributed by atoms with Crippen molar-refractivity contribution in [2.75, 3.05) is 12.4 Å². The zero-order valence-electron chi connectivity index (χ0n) is 15.8. The van der Waals surface area contributed by atoms with Gasteiger partial charge in [0.05, 0.1) is 18.2 Å². The lowest BCUT2D eigenvalue weighted by Crippen LogP contribution is -2.20. The summed E-state index contributed by atoms with van der Waals surface area (Å²) in [5.74, 6) is -1.36. The molecule has 3 aromatic rings. The first-order valence-electron chi connectivity index (χ1n) is 8.94. The molecule has 3 aromatic carbocycles. The van der Waals surface area contributed by atoms with Crippen LogP contribution in [0.4, 0.5) is 5.69 Å². The molecule has 144 valence electrons. The van der Waals surface area contributed by atoms with E-state index >= 15 is 0 Å². The Morgan fingerprint density at radius 2 is 1.34 bits per heavy atom. The number of benzene rings is 3. The zero-order chi connectivity index (χ0) is 20.6. The average Bonchev–Trinajstić information content (AvgIpc) is 2.78. The van der Waals surface area contributed by atoms with Crippen LogP contribution in [0.2, 0.25) is 0 Å². The Kier molecular flexibility index (Phi) is 6.32. The van der Waals surface area contributed by atoms with Gasteiger partial charge in [0, 0.05) is 11.3 Å². The zero-order valence-corrected chi connectivity index (χ0v) is 15.8. The highest BCUT2D eigenvalue weighted by molar-refractivity contribution is 6.31. The number of anilines is 1. The van der Waals surface area contributed by atoms with Gasteiger partial charge in [-0.3, -0.25) is 9.59 Å². The predicted molar refractivity (Wildman–Crippen MR) is 112 cm³/mol. The molecular formula is C24H19NO4. The van der Waals surface area contributed by atoms with E-state index in [-0.39, 0.29) is 5.57 Å². The molecule has 5 nitrogen and oxygen atoms in total. The molecule has 0 bridgehead atoms. The highest BCUT2D eigenvalue weighted by Crippen LogP contribution is 2.17. The minimum Gasteiger partial charge on any atom is -0.465 e. The average molecular weight is 385 g/mol. The van der Waals surface area contributed by atoms with E-state index in [0.717, 1.165) is 0 Å². The Labute approximate surface area is 168 Å². The number of hydrogen-bond acceptors (Lipinski definition) is 4. The van der Waals surface area contributed by atoms with Crippen molar-refractivity contribution in [3.05, 3.63) is 107 Å². The van der Waals surface area contributed by atoms with Crippen molar-refractivity contribution in [2.24, 2.45) is 0 Å². The number of Topliss-reactive ketones (excluding diaryl/α,β-unsaturated/α-hetero) is 1. The van der Waals surface area contributed by atoms with Crippen molar-refractivity contribution < 1.29 is 19.1 Å². The lowest BCUT2D eigenvalue weighted by Gasteiger charge is -2.09. The fourth-order valence-electron chi connectivity index (χ4n) is 2.70. The maximum Gasteiger partial charge on any atom is 0.337 e. The van der Waals surface area contributed by atoms with E-state index in [9.17, 15) is 14.4 Å². The van der Waals surface area contributed by atoms with E-state index < -0.39 is 17.7 Å². The molecule has 0 aliphatic heterocycles. The summed E-state index contributed by atoms with van der Waals surface area (Å²) in [7, 11) is 1.31. The van der Waals surface area contributed by atoms with Crippen LogP contribution in [-0.2, 0) is 9.53 Å². The number of hydrogen-bond donors (Lipinski definition) is 1. The summed E-state index contributed by atoms with van der Waals surface area (Å²) >= 11 is 0. The molecule has 0 spiro atoms. The first kappa shape index (κ1) is 19.8. The van der Waals surface area contributed by atoms with E-state index in [2.05, 4.69) is 10.1 Å². The van der Waals surface area contributed by atoms with Crippen molar-refractivity contribution in [3.8, 4) is 0 Å². The molecule has 0 aromatic heterocycles. The molecule has 0 saturated heterocycles. The smallest absolute Gasteiger partial charge is 0.337 e. The summed E-state index contributed by atoms with van der Waals surface area (Å²) in [6, 6.07) is 24.0. The van der Waals surface area contributed by atoms with Crippen LogP contribution in [0.25, 0.3) is 6.08 Å². The SMILES string of the molecule is COC(=O)c1ccc(/C=C(/C(=O)Nc2ccccc2)C(=O)c2ccccc2)cc1. The van der Waals surface area contributed by atoms with Gasteiger partial charge in [0.15, 0.2) is 5.78 Å². The van der Waals surface area contributed by atoms with Crippen molar-refractivity contribution in [1.82, 2.24) is 0 Å². The number of nitrogens with one attached hydrogen (secondary N) is 1. The first-order valence-corrected chi connectivity index (χ1v) is 8.94. The molecule has 0 atom stereocenters. The third-order valence-electron chi connectivity index (χ3n) is 4.20. The van der Waals surface area contributed by atoms with Crippen LogP contribution in [0.15, 0.2) is 90.5 Å². The number of amides is 1. The minimum absolute atomic E-state index is 0.00845. The standard InChI is InChI=1S/C24H19NO4/c1-29-24(28)19-14-12-17(13-15-19)16-21(22(26)18-8-4-2-5-9-18)23(27)25-20-10-6-3-7-11-20/h2-16H,1H3,(H,25,27)/b21-16+. The van der Waals surface area contributed by atoms with E-state index in [1.54, 1.807) is 78.9 Å². The number of methoxy groups -OCH3 is 1. The molecule has 0 unspecified atom stereocenters. The molecule has 0 aliphatic rings. The lowest BCUT2D eigenvalue weighted by atomic mass is 9.99. The van der Waals surface area contributed by atoms with E-state index in [0.29, 0.717) is 22.4 Å². The van der Waals surface area contributed by atoms with Gasteiger partial charge in [0.25, 0.3) is 5.91 Å². The maximum absolute atomic E-state index is 13.0. The highest BCUT2D eigenvalue weighted by atomic mass is 16.5. The largest absolute Gasteiger partial charge is 0.465 e. The predicted octanol–water partition coefficient (Wildman–Crippen LogP) is 4.38. The molecule has 3 rings (SSSR count). The number of carbonyl (C=O) groups excluding carboxylic acids is 3. The van der Waals surface area contributed by atoms with Crippen LogP contribution in [0.5, 0.6) is 0 Å². The van der Waals surface area contributed by atoms with Gasteiger partial charge in [-0.2, -0.15) is 0 Å². The Balaban J connectivity index is 1.95. The summed E-state index contributed by atoms with van der Waals surface area (Å²) in [6.07, 6.45) is 1.51. The van der Waals surface area contributed by atoms with Crippen LogP contribution in [-0.4, -0.2) is 24.8 Å². The van der Waals surface area contributed by atoms with E-state index in [4.69, 9.17) is 0 Å². The number of rotatable bonds is 6. The molecule has 5 heteroatoms. The van der Waals surface area contributed by atoms with Crippen LogP contribution in [0.3, 0.4) is 0 Å². The molecule has 1 N–H and O–H groups in total. The second-order valence-corrected chi connectivity index (χ2v) is 6.19. The number of para-hydroxylation sites is 1. The van der Waals surface area contributed by atoms with Crippen LogP contribution in [0, 0.1) is 0 Å².